The van der Waals surface area contributed by atoms with Gasteiger partial charge in [-0.25, -0.2) is 0 Å². The van der Waals surface area contributed by atoms with Crippen LogP contribution in [0.3, 0.4) is 0 Å². The molecule has 0 bridgehead atoms. The molecule has 2 rings (SSSR count). The van der Waals surface area contributed by atoms with Gasteiger partial charge in [0, 0.05) is 18.5 Å². The lowest BCUT2D eigenvalue weighted by Crippen LogP contribution is -2.26. The molecule has 2 aromatic rings. The van der Waals surface area contributed by atoms with Gasteiger partial charge in [-0.15, -0.1) is 0 Å². The fourth-order valence-electron chi connectivity index (χ4n) is 3.32. The largest absolute Gasteiger partial charge is 0.469 e. The van der Waals surface area contributed by atoms with Gasteiger partial charge < -0.3 is 15.8 Å². The van der Waals surface area contributed by atoms with Crippen LogP contribution >= 0.6 is 0 Å². The lowest BCUT2D eigenvalue weighted by molar-refractivity contribution is -0.140. The first-order valence-electron chi connectivity index (χ1n) is 10.5. The van der Waals surface area contributed by atoms with Crippen molar-refractivity contribution in [1.29, 1.82) is 0 Å². The number of hydrogen-bond acceptors (Lipinski definition) is 5. The van der Waals surface area contributed by atoms with E-state index in [1.165, 1.54) is 19.2 Å². The number of ether oxygens (including phenoxy) is 1. The summed E-state index contributed by atoms with van der Waals surface area (Å²) >= 11 is 0. The SMILES string of the molecule is CC[C@@H](CC(=O)C(N)c1ccc(C(F)(F)F)cc1)c1ccc(C(=O)NCCC(=O)OC)cc1. The zero-order valence-corrected chi connectivity index (χ0v) is 18.4. The third-order valence-corrected chi connectivity index (χ3v) is 5.37. The van der Waals surface area contributed by atoms with Gasteiger partial charge in [0.2, 0.25) is 0 Å². The number of amides is 1. The highest BCUT2D eigenvalue weighted by Crippen LogP contribution is 2.31. The number of alkyl halides is 3. The van der Waals surface area contributed by atoms with Crippen LogP contribution in [0.4, 0.5) is 13.2 Å². The van der Waals surface area contributed by atoms with Crippen molar-refractivity contribution in [2.45, 2.75) is 44.3 Å². The Bertz CT molecular complexity index is 957. The Morgan fingerprint density at radius 3 is 2.09 bits per heavy atom. The van der Waals surface area contributed by atoms with Crippen molar-refractivity contribution in [2.24, 2.45) is 5.73 Å². The molecule has 0 radical (unpaired) electrons. The molecule has 6 nitrogen and oxygen atoms in total. The number of Topliss-reactive ketones (excluding diaryl/α,β-unsaturated/α-hetero) is 1. The predicted octanol–water partition coefficient (Wildman–Crippen LogP) is 4.15. The van der Waals surface area contributed by atoms with Crippen molar-refractivity contribution in [1.82, 2.24) is 5.32 Å². The molecule has 178 valence electrons. The molecule has 3 N–H and O–H groups in total. The van der Waals surface area contributed by atoms with Crippen molar-refractivity contribution < 1.29 is 32.3 Å². The van der Waals surface area contributed by atoms with Crippen LogP contribution in [0.25, 0.3) is 0 Å². The molecular weight excluding hydrogens is 437 g/mol. The second-order valence-electron chi connectivity index (χ2n) is 7.58. The summed E-state index contributed by atoms with van der Waals surface area (Å²) in [5.41, 5.74) is 6.78. The van der Waals surface area contributed by atoms with Crippen LogP contribution in [0.5, 0.6) is 0 Å². The van der Waals surface area contributed by atoms with E-state index >= 15 is 0 Å². The van der Waals surface area contributed by atoms with Crippen molar-refractivity contribution in [3.8, 4) is 0 Å². The zero-order chi connectivity index (χ0) is 24.6. The summed E-state index contributed by atoms with van der Waals surface area (Å²) in [6.45, 7) is 2.07. The van der Waals surface area contributed by atoms with E-state index in [9.17, 15) is 27.6 Å². The molecule has 0 spiro atoms. The highest BCUT2D eigenvalue weighted by atomic mass is 19.4. The number of rotatable bonds is 10. The van der Waals surface area contributed by atoms with Gasteiger partial charge in [-0.1, -0.05) is 31.2 Å². The molecule has 0 aliphatic heterocycles. The Balaban J connectivity index is 1.99. The Labute approximate surface area is 190 Å². The lowest BCUT2D eigenvalue weighted by atomic mass is 9.87. The Morgan fingerprint density at radius 1 is 1.00 bits per heavy atom. The van der Waals surface area contributed by atoms with Crippen LogP contribution in [0.2, 0.25) is 0 Å². The molecule has 0 saturated heterocycles. The van der Waals surface area contributed by atoms with E-state index in [0.717, 1.165) is 17.7 Å². The van der Waals surface area contributed by atoms with E-state index in [1.54, 1.807) is 24.3 Å². The summed E-state index contributed by atoms with van der Waals surface area (Å²) in [4.78, 5) is 36.0. The third kappa shape index (κ3) is 7.42. The maximum absolute atomic E-state index is 12.7. The second-order valence-corrected chi connectivity index (χ2v) is 7.58. The van der Waals surface area contributed by atoms with E-state index in [-0.39, 0.29) is 37.0 Å². The maximum Gasteiger partial charge on any atom is 0.416 e. The van der Waals surface area contributed by atoms with Gasteiger partial charge in [0.15, 0.2) is 5.78 Å². The van der Waals surface area contributed by atoms with Gasteiger partial charge in [0.1, 0.15) is 0 Å². The smallest absolute Gasteiger partial charge is 0.416 e. The van der Waals surface area contributed by atoms with Crippen molar-refractivity contribution in [3.63, 3.8) is 0 Å². The summed E-state index contributed by atoms with van der Waals surface area (Å²) in [5, 5.41) is 2.62. The summed E-state index contributed by atoms with van der Waals surface area (Å²) in [6, 6.07) is 10.0. The Morgan fingerprint density at radius 2 is 1.58 bits per heavy atom. The molecule has 33 heavy (non-hydrogen) atoms. The second kappa shape index (κ2) is 11.6. The first-order valence-corrected chi connectivity index (χ1v) is 10.5. The van der Waals surface area contributed by atoms with Crippen LogP contribution in [-0.2, 0) is 20.5 Å². The average molecular weight is 464 g/mol. The standard InChI is InChI=1S/C24H27F3N2O4/c1-3-15(14-20(30)22(28)17-8-10-19(11-9-17)24(25,26)27)16-4-6-18(7-5-16)23(32)29-13-12-21(31)33-2/h4-11,15,22H,3,12-14,28H2,1-2H3,(H,29,32)/t15-,22?/m0/s1. The molecule has 2 atom stereocenters. The Kier molecular flexibility index (Phi) is 9.16. The van der Waals surface area contributed by atoms with E-state index < -0.39 is 23.8 Å². The van der Waals surface area contributed by atoms with Crippen molar-refractivity contribution in [3.05, 3.63) is 70.8 Å². The van der Waals surface area contributed by atoms with Crippen LogP contribution < -0.4 is 11.1 Å². The molecule has 1 unspecified atom stereocenters. The number of halogens is 3. The third-order valence-electron chi connectivity index (χ3n) is 5.37. The molecule has 0 saturated carbocycles. The van der Waals surface area contributed by atoms with E-state index in [1.807, 2.05) is 6.92 Å². The number of nitrogens with two attached hydrogens (primary N) is 1. The summed E-state index contributed by atoms with van der Waals surface area (Å²) in [7, 11) is 1.27. The lowest BCUT2D eigenvalue weighted by Gasteiger charge is -2.18. The quantitative estimate of drug-likeness (QED) is 0.515. The topological polar surface area (TPSA) is 98.5 Å². The zero-order valence-electron chi connectivity index (χ0n) is 18.4. The minimum Gasteiger partial charge on any atom is -0.469 e. The van der Waals surface area contributed by atoms with Gasteiger partial charge in [0.05, 0.1) is 25.1 Å². The number of nitrogens with one attached hydrogen (secondary N) is 1. The van der Waals surface area contributed by atoms with Gasteiger partial charge in [-0.3, -0.25) is 14.4 Å². The van der Waals surface area contributed by atoms with E-state index in [2.05, 4.69) is 10.1 Å². The van der Waals surface area contributed by atoms with Crippen molar-refractivity contribution in [2.75, 3.05) is 13.7 Å². The average Bonchev–Trinajstić information content (AvgIpc) is 2.81. The van der Waals surface area contributed by atoms with Crippen LogP contribution in [0, 0.1) is 0 Å². The minimum absolute atomic E-state index is 0.0690. The van der Waals surface area contributed by atoms with Crippen molar-refractivity contribution >= 4 is 17.7 Å². The first kappa shape index (κ1) is 26.1. The fourth-order valence-corrected chi connectivity index (χ4v) is 3.32. The van der Waals surface area contributed by atoms with Gasteiger partial charge >= 0.3 is 12.1 Å². The molecule has 0 fully saturated rings. The van der Waals surface area contributed by atoms with Crippen LogP contribution in [0.1, 0.15) is 65.2 Å². The first-order chi connectivity index (χ1) is 15.6. The number of methoxy groups -OCH3 is 1. The molecule has 1 amide bonds. The highest BCUT2D eigenvalue weighted by Gasteiger charge is 2.30. The number of ketones is 1. The minimum atomic E-state index is -4.45. The molecular formula is C24H27F3N2O4. The predicted molar refractivity (Wildman–Crippen MR) is 116 cm³/mol. The number of esters is 1. The normalized spacial score (nSPS) is 13.2. The summed E-state index contributed by atoms with van der Waals surface area (Å²) in [6.07, 6.45) is -3.64. The summed E-state index contributed by atoms with van der Waals surface area (Å²) < 4.78 is 42.7. The molecule has 2 aromatic carbocycles. The van der Waals surface area contributed by atoms with E-state index in [0.29, 0.717) is 17.5 Å². The fraction of sp³-hybridized carbons (Fsp3) is 0.375. The summed E-state index contributed by atoms with van der Waals surface area (Å²) in [5.74, 6) is -1.20. The number of carbonyl (C=O) groups excluding carboxylic acids is 3. The maximum atomic E-state index is 12.7. The van der Waals surface area contributed by atoms with Gasteiger partial charge in [-0.05, 0) is 47.7 Å². The number of hydrogen-bond donors (Lipinski definition) is 2. The molecule has 0 heterocycles. The highest BCUT2D eigenvalue weighted by molar-refractivity contribution is 5.94. The number of benzene rings is 2. The Hall–Kier alpha value is -3.20. The van der Waals surface area contributed by atoms with Crippen LogP contribution in [-0.4, -0.2) is 31.3 Å². The molecule has 0 aromatic heterocycles. The molecule has 0 aliphatic rings. The van der Waals surface area contributed by atoms with Crippen LogP contribution in [0.15, 0.2) is 48.5 Å². The molecule has 9 heteroatoms. The van der Waals surface area contributed by atoms with Gasteiger partial charge in [0.25, 0.3) is 5.91 Å². The number of carbonyl (C=O) groups is 3. The monoisotopic (exact) mass is 464 g/mol. The molecule has 0 aliphatic carbocycles. The van der Waals surface area contributed by atoms with E-state index in [4.69, 9.17) is 5.73 Å². The van der Waals surface area contributed by atoms with Gasteiger partial charge in [-0.2, -0.15) is 13.2 Å².